The molecule has 146 valence electrons. The second-order valence-corrected chi connectivity index (χ2v) is 7.66. The van der Waals surface area contributed by atoms with Gasteiger partial charge in [-0.15, -0.1) is 0 Å². The first kappa shape index (κ1) is 18.4. The molecule has 9 nitrogen and oxygen atoms in total. The Morgan fingerprint density at radius 2 is 1.97 bits per heavy atom. The van der Waals surface area contributed by atoms with Crippen molar-refractivity contribution in [1.29, 1.82) is 0 Å². The van der Waals surface area contributed by atoms with Gasteiger partial charge < -0.3 is 5.73 Å². The molecule has 0 spiro atoms. The molecule has 4 heterocycles. The van der Waals surface area contributed by atoms with Crippen LogP contribution in [0.4, 0.5) is 5.82 Å². The quantitative estimate of drug-likeness (QED) is 0.438. The smallest absolute Gasteiger partial charge is 0.268 e. The van der Waals surface area contributed by atoms with E-state index in [-0.39, 0.29) is 23.5 Å². The lowest BCUT2D eigenvalue weighted by Gasteiger charge is -2.15. The molecule has 2 radical (unpaired) electrons. The largest absolute Gasteiger partial charge is 0.383 e. The molecule has 0 fully saturated rings. The van der Waals surface area contributed by atoms with Crippen LogP contribution in [-0.4, -0.2) is 41.5 Å². The van der Waals surface area contributed by atoms with Crippen LogP contribution in [0.3, 0.4) is 0 Å². The molecule has 0 amide bonds. The number of nitrogens with zero attached hydrogens (tertiary/aromatic N) is 7. The molecular weight excluding hydrogens is 399 g/mol. The van der Waals surface area contributed by atoms with E-state index in [0.717, 1.165) is 11.3 Å². The number of fused-ring (bicyclic) bond motifs is 2. The Balaban J connectivity index is 1.80. The third-order valence-corrected chi connectivity index (χ3v) is 5.82. The summed E-state index contributed by atoms with van der Waals surface area (Å²) in [4.78, 5) is 27.1. The summed E-state index contributed by atoms with van der Waals surface area (Å²) < 4.78 is 7.50. The molecule has 0 saturated heterocycles. The number of hydrogen-bond donors (Lipinski definition) is 1. The Labute approximate surface area is 175 Å². The SMILES string of the molecule is [B]c1nn(Cc2nc3snc(C)c3c(=O)n2-c2ccccc2C)c2ncnc(N)c12. The normalized spacial score (nSPS) is 11.5. The number of hydrogen-bond acceptors (Lipinski definition) is 8. The van der Waals surface area contributed by atoms with Gasteiger partial charge in [0.2, 0.25) is 0 Å². The standard InChI is InChI=1S/C19H15BN8OS/c1-9-5-3-4-6-11(9)28-12(24-18-13(19(28)29)10(2)26-30-18)7-27-17-14(15(20)25-27)16(21)22-8-23-17/h3-6,8H,7H2,1-2H3,(H2,21,22,23). The average Bonchev–Trinajstić information content (AvgIpc) is 3.24. The number of nitrogen functional groups attached to an aromatic ring is 1. The van der Waals surface area contributed by atoms with Gasteiger partial charge in [-0.3, -0.25) is 9.36 Å². The van der Waals surface area contributed by atoms with Crippen LogP contribution < -0.4 is 16.9 Å². The van der Waals surface area contributed by atoms with Crippen molar-refractivity contribution in [1.82, 2.24) is 33.7 Å². The summed E-state index contributed by atoms with van der Waals surface area (Å²) in [7, 11) is 6.04. The van der Waals surface area contributed by atoms with Crippen LogP contribution in [0.5, 0.6) is 0 Å². The van der Waals surface area contributed by atoms with E-state index in [1.165, 1.54) is 17.9 Å². The highest BCUT2D eigenvalue weighted by atomic mass is 32.1. The molecule has 0 bridgehead atoms. The van der Waals surface area contributed by atoms with Gasteiger partial charge in [-0.05, 0) is 37.0 Å². The first-order valence-electron chi connectivity index (χ1n) is 9.12. The molecule has 0 saturated carbocycles. The lowest BCUT2D eigenvalue weighted by Crippen LogP contribution is -2.26. The van der Waals surface area contributed by atoms with Gasteiger partial charge in [-0.2, -0.15) is 9.47 Å². The third kappa shape index (κ3) is 2.70. The van der Waals surface area contributed by atoms with E-state index in [2.05, 4.69) is 19.4 Å². The van der Waals surface area contributed by atoms with Crippen molar-refractivity contribution in [2.75, 3.05) is 5.73 Å². The van der Waals surface area contributed by atoms with E-state index in [0.29, 0.717) is 32.8 Å². The molecule has 1 aromatic carbocycles. The maximum absolute atomic E-state index is 13.5. The van der Waals surface area contributed by atoms with Crippen LogP contribution >= 0.6 is 11.5 Å². The van der Waals surface area contributed by atoms with E-state index < -0.39 is 0 Å². The van der Waals surface area contributed by atoms with Gasteiger partial charge in [0, 0.05) is 5.59 Å². The number of anilines is 1. The van der Waals surface area contributed by atoms with E-state index >= 15 is 0 Å². The Hall–Kier alpha value is -3.60. The molecule has 5 rings (SSSR count). The summed E-state index contributed by atoms with van der Waals surface area (Å²) in [6, 6.07) is 7.65. The average molecular weight is 414 g/mol. The summed E-state index contributed by atoms with van der Waals surface area (Å²) in [5.74, 6) is 0.744. The lowest BCUT2D eigenvalue weighted by atomic mass is 10.0. The maximum atomic E-state index is 13.5. The summed E-state index contributed by atoms with van der Waals surface area (Å²) in [6.07, 6.45) is 1.35. The van der Waals surface area contributed by atoms with Gasteiger partial charge in [0.1, 0.15) is 37.7 Å². The predicted octanol–water partition coefficient (Wildman–Crippen LogP) is 1.02. The molecule has 4 aromatic heterocycles. The molecule has 11 heteroatoms. The van der Waals surface area contributed by atoms with Crippen molar-refractivity contribution in [3.8, 4) is 5.69 Å². The van der Waals surface area contributed by atoms with Crippen LogP contribution in [-0.2, 0) is 6.54 Å². The van der Waals surface area contributed by atoms with Crippen molar-refractivity contribution in [2.45, 2.75) is 20.4 Å². The van der Waals surface area contributed by atoms with Crippen LogP contribution in [0.1, 0.15) is 17.1 Å². The van der Waals surface area contributed by atoms with Crippen molar-refractivity contribution in [3.05, 3.63) is 58.0 Å². The van der Waals surface area contributed by atoms with Crippen molar-refractivity contribution in [2.24, 2.45) is 0 Å². The first-order valence-corrected chi connectivity index (χ1v) is 9.89. The fourth-order valence-electron chi connectivity index (χ4n) is 3.55. The van der Waals surface area contributed by atoms with Crippen LogP contribution in [0.25, 0.3) is 26.9 Å². The minimum atomic E-state index is -0.172. The maximum Gasteiger partial charge on any atom is 0.268 e. The fraction of sp³-hybridized carbons (Fsp3) is 0.158. The van der Waals surface area contributed by atoms with Gasteiger partial charge >= 0.3 is 0 Å². The van der Waals surface area contributed by atoms with Gasteiger partial charge in [-0.1, -0.05) is 18.2 Å². The number of aromatic nitrogens is 7. The van der Waals surface area contributed by atoms with E-state index in [1.807, 2.05) is 38.1 Å². The Kier molecular flexibility index (Phi) is 4.14. The molecule has 0 unspecified atom stereocenters. The number of benzene rings is 1. The lowest BCUT2D eigenvalue weighted by molar-refractivity contribution is 0.654. The van der Waals surface area contributed by atoms with Gasteiger partial charge in [-0.25, -0.2) is 19.6 Å². The number of aryl methyl sites for hydroxylation is 2. The minimum absolute atomic E-state index is 0.167. The fourth-order valence-corrected chi connectivity index (χ4v) is 4.34. The van der Waals surface area contributed by atoms with E-state index in [9.17, 15) is 4.79 Å². The molecule has 5 aromatic rings. The zero-order valence-corrected chi connectivity index (χ0v) is 17.0. The monoisotopic (exact) mass is 414 g/mol. The number of para-hydroxylation sites is 1. The number of rotatable bonds is 3. The van der Waals surface area contributed by atoms with Gasteiger partial charge in [0.25, 0.3) is 5.56 Å². The Morgan fingerprint density at radius 1 is 1.17 bits per heavy atom. The molecule has 2 N–H and O–H groups in total. The predicted molar refractivity (Wildman–Crippen MR) is 117 cm³/mol. The summed E-state index contributed by atoms with van der Waals surface area (Å²) in [6.45, 7) is 3.93. The highest BCUT2D eigenvalue weighted by Gasteiger charge is 2.20. The summed E-state index contributed by atoms with van der Waals surface area (Å²) in [5.41, 5.74) is 8.83. The van der Waals surface area contributed by atoms with Crippen molar-refractivity contribution in [3.63, 3.8) is 0 Å². The molecular formula is C19H15BN8OS. The topological polar surface area (TPSA) is 117 Å². The second-order valence-electron chi connectivity index (χ2n) is 6.90. The van der Waals surface area contributed by atoms with Crippen LogP contribution in [0, 0.1) is 13.8 Å². The first-order chi connectivity index (χ1) is 14.5. The molecule has 0 aliphatic carbocycles. The van der Waals surface area contributed by atoms with Gasteiger partial charge in [0.15, 0.2) is 10.5 Å². The number of nitrogens with two attached hydrogens (primary N) is 1. The van der Waals surface area contributed by atoms with Crippen LogP contribution in [0.2, 0.25) is 0 Å². The summed E-state index contributed by atoms with van der Waals surface area (Å²) >= 11 is 1.20. The Bertz CT molecular complexity index is 1500. The molecule has 0 atom stereocenters. The zero-order chi connectivity index (χ0) is 21.0. The van der Waals surface area contributed by atoms with E-state index in [1.54, 1.807) is 9.25 Å². The highest BCUT2D eigenvalue weighted by Crippen LogP contribution is 2.22. The van der Waals surface area contributed by atoms with Crippen LogP contribution in [0.15, 0.2) is 35.4 Å². The van der Waals surface area contributed by atoms with E-state index in [4.69, 9.17) is 18.6 Å². The second kappa shape index (κ2) is 6.73. The van der Waals surface area contributed by atoms with Crippen molar-refractivity contribution < 1.29 is 0 Å². The zero-order valence-electron chi connectivity index (χ0n) is 16.2. The molecule has 30 heavy (non-hydrogen) atoms. The molecule has 0 aliphatic rings. The molecule has 0 aliphatic heterocycles. The van der Waals surface area contributed by atoms with Crippen molar-refractivity contribution >= 4 is 52.0 Å². The minimum Gasteiger partial charge on any atom is -0.383 e. The van der Waals surface area contributed by atoms with Gasteiger partial charge in [0.05, 0.1) is 16.8 Å². The third-order valence-electron chi connectivity index (χ3n) is 4.98. The summed E-state index contributed by atoms with van der Waals surface area (Å²) in [5, 5.41) is 5.36. The Morgan fingerprint density at radius 3 is 2.77 bits per heavy atom. The highest BCUT2D eigenvalue weighted by molar-refractivity contribution is 7.12.